The van der Waals surface area contributed by atoms with Crippen molar-refractivity contribution in [3.63, 3.8) is 0 Å². The number of nitrogens with zero attached hydrogens (tertiary/aromatic N) is 3. The molecule has 7 heteroatoms. The van der Waals surface area contributed by atoms with E-state index in [2.05, 4.69) is 27.1 Å². The Kier molecular flexibility index (Phi) is 4.44. The summed E-state index contributed by atoms with van der Waals surface area (Å²) in [7, 11) is 0. The van der Waals surface area contributed by atoms with Gasteiger partial charge in [0.15, 0.2) is 6.04 Å². The molecule has 0 aromatic carbocycles. The number of carbonyl (C=O) groups is 1. The van der Waals surface area contributed by atoms with Crippen molar-refractivity contribution in [2.75, 3.05) is 5.75 Å². The molecule has 3 heterocycles. The van der Waals surface area contributed by atoms with Crippen molar-refractivity contribution in [2.45, 2.75) is 25.5 Å². The highest BCUT2D eigenvalue weighted by Crippen LogP contribution is 2.31. The van der Waals surface area contributed by atoms with E-state index in [0.29, 0.717) is 5.75 Å². The summed E-state index contributed by atoms with van der Waals surface area (Å²) < 4.78 is 5.35. The van der Waals surface area contributed by atoms with Crippen molar-refractivity contribution in [1.82, 2.24) is 9.97 Å². The van der Waals surface area contributed by atoms with E-state index in [1.165, 1.54) is 4.88 Å². The standard InChI is InChI=1S/C17H15N3O2S2/c21-17(22-9-11-4-3-7-18-8-11)13-10-23-15(20-13)16-19-12-5-1-2-6-14(12)24-16/h2-4,6-8,13H,1,5,9-10H2/t13-/m1/s1. The molecule has 1 aliphatic carbocycles. The van der Waals surface area contributed by atoms with E-state index in [4.69, 9.17) is 4.74 Å². The molecular weight excluding hydrogens is 342 g/mol. The Morgan fingerprint density at radius 3 is 3.21 bits per heavy atom. The van der Waals surface area contributed by atoms with Crippen LogP contribution >= 0.6 is 23.1 Å². The molecule has 2 aromatic heterocycles. The third-order valence-corrected chi connectivity index (χ3v) is 6.01. The Morgan fingerprint density at radius 2 is 2.38 bits per heavy atom. The Bertz CT molecular complexity index is 814. The van der Waals surface area contributed by atoms with Crippen molar-refractivity contribution < 1.29 is 9.53 Å². The molecule has 0 amide bonds. The monoisotopic (exact) mass is 357 g/mol. The molecule has 2 aromatic rings. The van der Waals surface area contributed by atoms with Gasteiger partial charge in [-0.2, -0.15) is 0 Å². The number of thioether (sulfide) groups is 1. The minimum absolute atomic E-state index is 0.231. The highest BCUT2D eigenvalue weighted by atomic mass is 32.2. The van der Waals surface area contributed by atoms with Crippen LogP contribution in [-0.4, -0.2) is 32.8 Å². The van der Waals surface area contributed by atoms with Gasteiger partial charge < -0.3 is 4.74 Å². The van der Waals surface area contributed by atoms with Crippen LogP contribution < -0.4 is 0 Å². The number of ether oxygens (including phenoxy) is 1. The molecule has 0 radical (unpaired) electrons. The van der Waals surface area contributed by atoms with Crippen LogP contribution in [0.1, 0.15) is 27.6 Å². The van der Waals surface area contributed by atoms with Gasteiger partial charge in [-0.05, 0) is 25.0 Å². The van der Waals surface area contributed by atoms with Gasteiger partial charge >= 0.3 is 5.97 Å². The van der Waals surface area contributed by atoms with Crippen LogP contribution in [0.4, 0.5) is 0 Å². The number of carbonyl (C=O) groups excluding carboxylic acids is 1. The molecule has 0 bridgehead atoms. The van der Waals surface area contributed by atoms with Gasteiger partial charge in [0.05, 0.1) is 10.6 Å². The highest BCUT2D eigenvalue weighted by molar-refractivity contribution is 8.15. The fraction of sp³-hybridized carbons (Fsp3) is 0.294. The first kappa shape index (κ1) is 15.5. The number of fused-ring (bicyclic) bond motifs is 1. The van der Waals surface area contributed by atoms with Crippen LogP contribution in [0.5, 0.6) is 0 Å². The lowest BCUT2D eigenvalue weighted by molar-refractivity contribution is -0.145. The minimum Gasteiger partial charge on any atom is -0.459 e. The third kappa shape index (κ3) is 3.27. The van der Waals surface area contributed by atoms with Crippen LogP contribution in [-0.2, 0) is 22.6 Å². The molecule has 122 valence electrons. The van der Waals surface area contributed by atoms with E-state index in [1.54, 1.807) is 35.5 Å². The fourth-order valence-corrected chi connectivity index (χ4v) is 4.65. The van der Waals surface area contributed by atoms with Crippen LogP contribution in [0, 0.1) is 0 Å². The normalized spacial score (nSPS) is 19.0. The lowest BCUT2D eigenvalue weighted by Gasteiger charge is -2.06. The molecule has 0 saturated carbocycles. The van der Waals surface area contributed by atoms with Crippen molar-refractivity contribution in [3.05, 3.63) is 51.7 Å². The minimum atomic E-state index is -0.446. The maximum absolute atomic E-state index is 12.2. The van der Waals surface area contributed by atoms with Crippen molar-refractivity contribution in [1.29, 1.82) is 0 Å². The second-order valence-electron chi connectivity index (χ2n) is 5.50. The molecule has 0 saturated heterocycles. The Hall–Kier alpha value is -1.99. The average molecular weight is 357 g/mol. The van der Waals surface area contributed by atoms with Gasteiger partial charge in [0.25, 0.3) is 0 Å². The van der Waals surface area contributed by atoms with Crippen molar-refractivity contribution in [3.8, 4) is 0 Å². The summed E-state index contributed by atoms with van der Waals surface area (Å²) in [5, 5.41) is 1.77. The predicted octanol–water partition coefficient (Wildman–Crippen LogP) is 3.10. The van der Waals surface area contributed by atoms with Gasteiger partial charge in [-0.25, -0.2) is 9.78 Å². The van der Waals surface area contributed by atoms with E-state index in [0.717, 1.165) is 34.2 Å². The van der Waals surface area contributed by atoms with Gasteiger partial charge in [0, 0.05) is 23.7 Å². The number of pyridine rings is 1. The van der Waals surface area contributed by atoms with Gasteiger partial charge in [0.2, 0.25) is 0 Å². The second kappa shape index (κ2) is 6.86. The number of allylic oxidation sites excluding steroid dienone is 1. The summed E-state index contributed by atoms with van der Waals surface area (Å²) in [5.74, 6) is 0.323. The number of hydrogen-bond donors (Lipinski definition) is 0. The quantitative estimate of drug-likeness (QED) is 0.787. The van der Waals surface area contributed by atoms with Gasteiger partial charge in [0.1, 0.15) is 16.7 Å². The zero-order chi connectivity index (χ0) is 16.4. The third-order valence-electron chi connectivity index (χ3n) is 3.75. The summed E-state index contributed by atoms with van der Waals surface area (Å²) >= 11 is 3.22. The number of aromatic nitrogens is 2. The molecular formula is C17H15N3O2S2. The molecule has 0 N–H and O–H groups in total. The Balaban J connectivity index is 1.42. The molecule has 0 fully saturated rings. The van der Waals surface area contributed by atoms with E-state index in [9.17, 15) is 4.79 Å². The number of rotatable bonds is 4. The van der Waals surface area contributed by atoms with E-state index >= 15 is 0 Å². The van der Waals surface area contributed by atoms with Gasteiger partial charge in [-0.1, -0.05) is 12.1 Å². The predicted molar refractivity (Wildman–Crippen MR) is 96.3 cm³/mol. The van der Waals surface area contributed by atoms with Crippen LogP contribution in [0.15, 0.2) is 35.6 Å². The first-order chi connectivity index (χ1) is 11.8. The molecule has 0 spiro atoms. The van der Waals surface area contributed by atoms with Crippen LogP contribution in [0.3, 0.4) is 0 Å². The average Bonchev–Trinajstić information content (AvgIpc) is 3.27. The summed E-state index contributed by atoms with van der Waals surface area (Å²) in [4.78, 5) is 26.6. The van der Waals surface area contributed by atoms with Gasteiger partial charge in [-0.15, -0.1) is 23.1 Å². The fourth-order valence-electron chi connectivity index (χ4n) is 2.52. The number of aliphatic imine (C=N–C) groups is 1. The van der Waals surface area contributed by atoms with Crippen LogP contribution in [0.2, 0.25) is 0 Å². The Morgan fingerprint density at radius 1 is 1.42 bits per heavy atom. The smallest absolute Gasteiger partial charge is 0.332 e. The zero-order valence-corrected chi connectivity index (χ0v) is 14.5. The van der Waals surface area contributed by atoms with Crippen molar-refractivity contribution >= 4 is 40.2 Å². The van der Waals surface area contributed by atoms with E-state index < -0.39 is 6.04 Å². The lowest BCUT2D eigenvalue weighted by Crippen LogP contribution is -2.21. The maximum Gasteiger partial charge on any atom is 0.332 e. The van der Waals surface area contributed by atoms with Crippen LogP contribution in [0.25, 0.3) is 6.08 Å². The SMILES string of the molecule is O=C(OCc1cccnc1)[C@H]1CSC(c2nc3c(s2)C=CCC3)=N1. The van der Waals surface area contributed by atoms with Crippen molar-refractivity contribution in [2.24, 2.45) is 4.99 Å². The topological polar surface area (TPSA) is 64.4 Å². The number of thiazole rings is 1. The number of esters is 1. The first-order valence-corrected chi connectivity index (χ1v) is 9.52. The summed E-state index contributed by atoms with van der Waals surface area (Å²) in [6.07, 6.45) is 9.71. The molecule has 0 unspecified atom stereocenters. The molecule has 5 nitrogen and oxygen atoms in total. The molecule has 2 aliphatic rings. The summed E-state index contributed by atoms with van der Waals surface area (Å²) in [6.45, 7) is 0.231. The highest BCUT2D eigenvalue weighted by Gasteiger charge is 2.29. The number of aryl methyl sites for hydroxylation is 1. The van der Waals surface area contributed by atoms with Gasteiger partial charge in [-0.3, -0.25) is 9.98 Å². The lowest BCUT2D eigenvalue weighted by atomic mass is 10.1. The Labute approximate surface area is 147 Å². The summed E-state index contributed by atoms with van der Waals surface area (Å²) in [6, 6.07) is 3.26. The van der Waals surface area contributed by atoms with E-state index in [1.807, 2.05) is 12.1 Å². The summed E-state index contributed by atoms with van der Waals surface area (Å²) in [5.41, 5.74) is 2.02. The molecule has 24 heavy (non-hydrogen) atoms. The maximum atomic E-state index is 12.2. The number of hydrogen-bond acceptors (Lipinski definition) is 7. The zero-order valence-electron chi connectivity index (χ0n) is 12.8. The molecule has 4 rings (SSSR count). The molecule has 1 atom stereocenters. The van der Waals surface area contributed by atoms with E-state index in [-0.39, 0.29) is 12.6 Å². The molecule has 1 aliphatic heterocycles. The second-order valence-corrected chi connectivity index (χ2v) is 7.54. The largest absolute Gasteiger partial charge is 0.459 e. The first-order valence-electron chi connectivity index (χ1n) is 7.72.